The van der Waals surface area contributed by atoms with Crippen molar-refractivity contribution < 1.29 is 4.79 Å². The molecule has 0 saturated heterocycles. The van der Waals surface area contributed by atoms with Crippen molar-refractivity contribution in [3.8, 4) is 0 Å². The summed E-state index contributed by atoms with van der Waals surface area (Å²) in [6.07, 6.45) is 3.35. The maximum atomic E-state index is 11.3. The monoisotopic (exact) mass is 157 g/mol. The number of nitrogens with zero attached hydrogens (tertiary/aromatic N) is 1. The molecule has 1 atom stereocenters. The summed E-state index contributed by atoms with van der Waals surface area (Å²) in [6, 6.07) is 0. The van der Waals surface area contributed by atoms with E-state index in [0.717, 1.165) is 12.8 Å². The SMILES string of the molecule is CCCC[C@@H](C)C(=O)N(C)C. The van der Waals surface area contributed by atoms with Crippen LogP contribution in [0.25, 0.3) is 0 Å². The summed E-state index contributed by atoms with van der Waals surface area (Å²) in [6.45, 7) is 4.14. The predicted octanol–water partition coefficient (Wildman–Crippen LogP) is 1.90. The second-order valence-electron chi connectivity index (χ2n) is 3.28. The van der Waals surface area contributed by atoms with Crippen molar-refractivity contribution in [3.05, 3.63) is 0 Å². The van der Waals surface area contributed by atoms with Crippen LogP contribution >= 0.6 is 0 Å². The summed E-state index contributed by atoms with van der Waals surface area (Å²) in [5.41, 5.74) is 0. The van der Waals surface area contributed by atoms with Gasteiger partial charge in [0.15, 0.2) is 0 Å². The van der Waals surface area contributed by atoms with Gasteiger partial charge in [-0.2, -0.15) is 0 Å². The van der Waals surface area contributed by atoms with E-state index in [1.165, 1.54) is 6.42 Å². The zero-order valence-corrected chi connectivity index (χ0v) is 8.05. The van der Waals surface area contributed by atoms with Crippen LogP contribution in [-0.2, 0) is 4.79 Å². The average molecular weight is 157 g/mol. The van der Waals surface area contributed by atoms with Crippen LogP contribution < -0.4 is 0 Å². The third kappa shape index (κ3) is 4.02. The van der Waals surface area contributed by atoms with Crippen molar-refractivity contribution in [1.82, 2.24) is 4.90 Å². The highest BCUT2D eigenvalue weighted by Gasteiger charge is 2.12. The average Bonchev–Trinajstić information content (AvgIpc) is 1.98. The van der Waals surface area contributed by atoms with E-state index in [0.29, 0.717) is 0 Å². The lowest BCUT2D eigenvalue weighted by Crippen LogP contribution is -2.27. The van der Waals surface area contributed by atoms with Gasteiger partial charge in [-0.05, 0) is 6.42 Å². The van der Waals surface area contributed by atoms with Crippen molar-refractivity contribution in [2.75, 3.05) is 14.1 Å². The minimum absolute atomic E-state index is 0.199. The molecule has 2 heteroatoms. The molecular formula is C9H19NO. The third-order valence-electron chi connectivity index (χ3n) is 1.85. The molecule has 0 fully saturated rings. The van der Waals surface area contributed by atoms with Gasteiger partial charge < -0.3 is 4.90 Å². The Kier molecular flexibility index (Phi) is 4.92. The fraction of sp³-hybridized carbons (Fsp3) is 0.889. The minimum Gasteiger partial charge on any atom is -0.349 e. The van der Waals surface area contributed by atoms with E-state index < -0.39 is 0 Å². The van der Waals surface area contributed by atoms with Gasteiger partial charge in [-0.1, -0.05) is 26.7 Å². The lowest BCUT2D eigenvalue weighted by atomic mass is 10.0. The summed E-state index contributed by atoms with van der Waals surface area (Å²) < 4.78 is 0. The summed E-state index contributed by atoms with van der Waals surface area (Å²) >= 11 is 0. The first-order chi connectivity index (χ1) is 5.09. The fourth-order valence-electron chi connectivity index (χ4n) is 1.07. The molecule has 0 aliphatic heterocycles. The number of unbranched alkanes of at least 4 members (excludes halogenated alkanes) is 1. The lowest BCUT2D eigenvalue weighted by molar-refractivity contribution is -0.132. The van der Waals surface area contributed by atoms with Gasteiger partial charge in [0.25, 0.3) is 0 Å². The highest BCUT2D eigenvalue weighted by molar-refractivity contribution is 5.77. The van der Waals surface area contributed by atoms with E-state index in [-0.39, 0.29) is 11.8 Å². The largest absolute Gasteiger partial charge is 0.349 e. The van der Waals surface area contributed by atoms with Gasteiger partial charge in [-0.25, -0.2) is 0 Å². The molecular weight excluding hydrogens is 138 g/mol. The standard InChI is InChI=1S/C9H19NO/c1-5-6-7-8(2)9(11)10(3)4/h8H,5-7H2,1-4H3/t8-/m1/s1. The first-order valence-corrected chi connectivity index (χ1v) is 4.30. The Balaban J connectivity index is 3.64. The normalized spacial score (nSPS) is 12.7. The number of rotatable bonds is 4. The molecule has 0 aromatic carbocycles. The Morgan fingerprint density at radius 2 is 2.00 bits per heavy atom. The Labute approximate surface area is 69.6 Å². The molecule has 0 aromatic heterocycles. The second-order valence-corrected chi connectivity index (χ2v) is 3.28. The third-order valence-corrected chi connectivity index (χ3v) is 1.85. The van der Waals surface area contributed by atoms with Crippen molar-refractivity contribution in [2.24, 2.45) is 5.92 Å². The van der Waals surface area contributed by atoms with Crippen molar-refractivity contribution in [2.45, 2.75) is 33.1 Å². The van der Waals surface area contributed by atoms with Gasteiger partial charge in [0.05, 0.1) is 0 Å². The Morgan fingerprint density at radius 3 is 2.36 bits per heavy atom. The first kappa shape index (κ1) is 10.5. The van der Waals surface area contributed by atoms with E-state index in [1.807, 2.05) is 21.0 Å². The molecule has 66 valence electrons. The van der Waals surface area contributed by atoms with Gasteiger partial charge in [0.1, 0.15) is 0 Å². The Morgan fingerprint density at radius 1 is 1.45 bits per heavy atom. The number of amides is 1. The molecule has 0 aromatic rings. The number of hydrogen-bond acceptors (Lipinski definition) is 1. The zero-order valence-electron chi connectivity index (χ0n) is 8.05. The van der Waals surface area contributed by atoms with Crippen LogP contribution in [0.15, 0.2) is 0 Å². The van der Waals surface area contributed by atoms with Crippen LogP contribution in [0.4, 0.5) is 0 Å². The van der Waals surface area contributed by atoms with Crippen LogP contribution in [0.3, 0.4) is 0 Å². The maximum Gasteiger partial charge on any atom is 0.224 e. The van der Waals surface area contributed by atoms with Crippen molar-refractivity contribution in [1.29, 1.82) is 0 Å². The lowest BCUT2D eigenvalue weighted by Gasteiger charge is -2.15. The van der Waals surface area contributed by atoms with Gasteiger partial charge in [0, 0.05) is 20.0 Å². The molecule has 0 heterocycles. The molecule has 0 radical (unpaired) electrons. The van der Waals surface area contributed by atoms with E-state index in [4.69, 9.17) is 0 Å². The van der Waals surface area contributed by atoms with E-state index in [9.17, 15) is 4.79 Å². The Hall–Kier alpha value is -0.530. The minimum atomic E-state index is 0.199. The molecule has 11 heavy (non-hydrogen) atoms. The van der Waals surface area contributed by atoms with E-state index in [2.05, 4.69) is 6.92 Å². The van der Waals surface area contributed by atoms with Gasteiger partial charge >= 0.3 is 0 Å². The van der Waals surface area contributed by atoms with Gasteiger partial charge in [-0.3, -0.25) is 4.79 Å². The molecule has 0 N–H and O–H groups in total. The molecule has 0 bridgehead atoms. The van der Waals surface area contributed by atoms with Crippen LogP contribution in [-0.4, -0.2) is 24.9 Å². The molecule has 1 amide bonds. The Bertz CT molecular complexity index is 121. The molecule has 0 aliphatic rings. The van der Waals surface area contributed by atoms with Crippen LogP contribution in [0.5, 0.6) is 0 Å². The summed E-state index contributed by atoms with van der Waals surface area (Å²) in [5.74, 6) is 0.448. The van der Waals surface area contributed by atoms with Crippen LogP contribution in [0.2, 0.25) is 0 Å². The summed E-state index contributed by atoms with van der Waals surface area (Å²) in [4.78, 5) is 12.9. The number of carbonyl (C=O) groups excluding carboxylic acids is 1. The molecule has 0 saturated carbocycles. The fourth-order valence-corrected chi connectivity index (χ4v) is 1.07. The smallest absolute Gasteiger partial charge is 0.224 e. The van der Waals surface area contributed by atoms with E-state index in [1.54, 1.807) is 4.90 Å². The molecule has 2 nitrogen and oxygen atoms in total. The topological polar surface area (TPSA) is 20.3 Å². The number of hydrogen-bond donors (Lipinski definition) is 0. The first-order valence-electron chi connectivity index (χ1n) is 4.30. The van der Waals surface area contributed by atoms with Gasteiger partial charge in [-0.15, -0.1) is 0 Å². The zero-order chi connectivity index (χ0) is 8.85. The molecule has 0 unspecified atom stereocenters. The molecule has 0 aliphatic carbocycles. The molecule has 0 rings (SSSR count). The predicted molar refractivity (Wildman–Crippen MR) is 47.4 cm³/mol. The van der Waals surface area contributed by atoms with E-state index >= 15 is 0 Å². The second kappa shape index (κ2) is 5.16. The van der Waals surface area contributed by atoms with Crippen molar-refractivity contribution >= 4 is 5.91 Å². The van der Waals surface area contributed by atoms with Gasteiger partial charge in [0.2, 0.25) is 5.91 Å². The maximum absolute atomic E-state index is 11.3. The summed E-state index contributed by atoms with van der Waals surface area (Å²) in [5, 5.41) is 0. The number of carbonyl (C=O) groups is 1. The highest BCUT2D eigenvalue weighted by atomic mass is 16.2. The molecule has 0 spiro atoms. The quantitative estimate of drug-likeness (QED) is 0.610. The highest BCUT2D eigenvalue weighted by Crippen LogP contribution is 2.09. The summed E-state index contributed by atoms with van der Waals surface area (Å²) in [7, 11) is 3.62. The van der Waals surface area contributed by atoms with Crippen molar-refractivity contribution in [3.63, 3.8) is 0 Å². The van der Waals surface area contributed by atoms with Crippen LogP contribution in [0.1, 0.15) is 33.1 Å². The van der Waals surface area contributed by atoms with Crippen LogP contribution in [0, 0.1) is 5.92 Å².